The number of hydrogen-bond donors (Lipinski definition) is 1. The van der Waals surface area contributed by atoms with Crippen LogP contribution in [0, 0.1) is 5.92 Å². The molecule has 5 heteroatoms. The fraction of sp³-hybridized carbons (Fsp3) is 0.333. The van der Waals surface area contributed by atoms with E-state index >= 15 is 0 Å². The molecular formula is C21H24N2O3. The molecule has 1 fully saturated rings. The number of benzene rings is 2. The summed E-state index contributed by atoms with van der Waals surface area (Å²) in [6, 6.07) is 15.2. The van der Waals surface area contributed by atoms with E-state index in [-0.39, 0.29) is 24.2 Å². The van der Waals surface area contributed by atoms with Crippen LogP contribution in [-0.2, 0) is 16.0 Å². The largest absolute Gasteiger partial charge is 0.494 e. The molecule has 1 unspecified atom stereocenters. The smallest absolute Gasteiger partial charge is 0.229 e. The Hall–Kier alpha value is -2.82. The number of amides is 2. The predicted molar refractivity (Wildman–Crippen MR) is 103 cm³/mol. The molecule has 0 bridgehead atoms. The Bertz CT molecular complexity index is 769. The Kier molecular flexibility index (Phi) is 5.56. The minimum Gasteiger partial charge on any atom is -0.494 e. The second-order valence-corrected chi connectivity index (χ2v) is 6.37. The van der Waals surface area contributed by atoms with Crippen molar-refractivity contribution < 1.29 is 14.3 Å². The molecule has 26 heavy (non-hydrogen) atoms. The number of rotatable bonds is 6. The quantitative estimate of drug-likeness (QED) is 0.863. The third-order valence-corrected chi connectivity index (χ3v) is 4.58. The van der Waals surface area contributed by atoms with Crippen LogP contribution in [0.5, 0.6) is 5.75 Å². The van der Waals surface area contributed by atoms with Crippen LogP contribution in [-0.4, -0.2) is 25.0 Å². The molecule has 0 saturated carbocycles. The number of ether oxygens (including phenoxy) is 1. The highest BCUT2D eigenvalue weighted by atomic mass is 16.5. The summed E-state index contributed by atoms with van der Waals surface area (Å²) in [5, 5.41) is 2.89. The molecule has 2 amide bonds. The van der Waals surface area contributed by atoms with Crippen LogP contribution in [0.1, 0.15) is 25.8 Å². The number of carbonyl (C=O) groups is 2. The van der Waals surface area contributed by atoms with Gasteiger partial charge < -0.3 is 15.0 Å². The van der Waals surface area contributed by atoms with E-state index in [1.54, 1.807) is 17.0 Å². The van der Waals surface area contributed by atoms with Crippen LogP contribution in [0.3, 0.4) is 0 Å². The third-order valence-electron chi connectivity index (χ3n) is 4.58. The van der Waals surface area contributed by atoms with Crippen LogP contribution in [0.4, 0.5) is 11.4 Å². The molecular weight excluding hydrogens is 328 g/mol. The van der Waals surface area contributed by atoms with Gasteiger partial charge in [-0.3, -0.25) is 9.59 Å². The molecule has 5 nitrogen and oxygen atoms in total. The first-order valence-electron chi connectivity index (χ1n) is 9.03. The average Bonchev–Trinajstić information content (AvgIpc) is 3.05. The molecule has 1 N–H and O–H groups in total. The zero-order valence-electron chi connectivity index (χ0n) is 15.2. The van der Waals surface area contributed by atoms with Crippen LogP contribution in [0.25, 0.3) is 0 Å². The molecule has 136 valence electrons. The summed E-state index contributed by atoms with van der Waals surface area (Å²) in [5.41, 5.74) is 2.78. The van der Waals surface area contributed by atoms with Crippen molar-refractivity contribution in [3.63, 3.8) is 0 Å². The SMILES string of the molecule is CCOc1ccc(NC(=O)C2CC(=O)N(c3ccc(CC)cc3)C2)cc1. The topological polar surface area (TPSA) is 58.6 Å². The van der Waals surface area contributed by atoms with Crippen molar-refractivity contribution >= 4 is 23.2 Å². The molecule has 2 aromatic carbocycles. The minimum atomic E-state index is -0.347. The number of anilines is 2. The number of nitrogens with zero attached hydrogens (tertiary/aromatic N) is 1. The summed E-state index contributed by atoms with van der Waals surface area (Å²) in [6.45, 7) is 5.03. The van der Waals surface area contributed by atoms with Crippen LogP contribution < -0.4 is 15.0 Å². The highest BCUT2D eigenvalue weighted by molar-refractivity contribution is 6.03. The maximum atomic E-state index is 12.5. The Labute approximate surface area is 154 Å². The van der Waals surface area contributed by atoms with E-state index in [0.29, 0.717) is 18.8 Å². The average molecular weight is 352 g/mol. The first kappa shape index (κ1) is 18.0. The number of carbonyl (C=O) groups excluding carboxylic acids is 2. The molecule has 2 aromatic rings. The molecule has 1 aliphatic heterocycles. The Balaban J connectivity index is 1.62. The summed E-state index contributed by atoms with van der Waals surface area (Å²) in [5.74, 6) is 0.277. The summed E-state index contributed by atoms with van der Waals surface area (Å²) in [4.78, 5) is 26.6. The fourth-order valence-corrected chi connectivity index (χ4v) is 3.09. The summed E-state index contributed by atoms with van der Waals surface area (Å²) >= 11 is 0. The van der Waals surface area contributed by atoms with Crippen molar-refractivity contribution in [3.05, 3.63) is 54.1 Å². The van der Waals surface area contributed by atoms with Crippen molar-refractivity contribution in [2.24, 2.45) is 5.92 Å². The van der Waals surface area contributed by atoms with E-state index in [9.17, 15) is 9.59 Å². The standard InChI is InChI=1S/C21H24N2O3/c1-3-15-5-9-18(10-6-15)23-14-16(13-20(23)24)21(25)22-17-7-11-19(12-8-17)26-4-2/h5-12,16H,3-4,13-14H2,1-2H3,(H,22,25). The Morgan fingerprint density at radius 1 is 1.12 bits per heavy atom. The maximum Gasteiger partial charge on any atom is 0.229 e. The number of aryl methyl sites for hydroxylation is 1. The summed E-state index contributed by atoms with van der Waals surface area (Å²) < 4.78 is 5.40. The van der Waals surface area contributed by atoms with Gasteiger partial charge >= 0.3 is 0 Å². The van der Waals surface area contributed by atoms with Gasteiger partial charge in [-0.2, -0.15) is 0 Å². The van der Waals surface area contributed by atoms with Gasteiger partial charge in [0.1, 0.15) is 5.75 Å². The summed E-state index contributed by atoms with van der Waals surface area (Å²) in [6.07, 6.45) is 1.19. The lowest BCUT2D eigenvalue weighted by atomic mass is 10.1. The van der Waals surface area contributed by atoms with Crippen molar-refractivity contribution in [2.75, 3.05) is 23.4 Å². The van der Waals surface area contributed by atoms with Gasteiger partial charge in [0.2, 0.25) is 11.8 Å². The summed E-state index contributed by atoms with van der Waals surface area (Å²) in [7, 11) is 0. The van der Waals surface area contributed by atoms with Gasteiger partial charge in [0.25, 0.3) is 0 Å². The van der Waals surface area contributed by atoms with Crippen LogP contribution in [0.15, 0.2) is 48.5 Å². The third kappa shape index (κ3) is 4.04. The highest BCUT2D eigenvalue weighted by Crippen LogP contribution is 2.26. The van der Waals surface area contributed by atoms with Crippen molar-refractivity contribution in [1.82, 2.24) is 0 Å². The van der Waals surface area contributed by atoms with Crippen molar-refractivity contribution in [3.8, 4) is 5.75 Å². The van der Waals surface area contributed by atoms with E-state index in [4.69, 9.17) is 4.74 Å². The highest BCUT2D eigenvalue weighted by Gasteiger charge is 2.35. The maximum absolute atomic E-state index is 12.5. The van der Waals surface area contributed by atoms with Crippen LogP contribution in [0.2, 0.25) is 0 Å². The molecule has 0 radical (unpaired) electrons. The zero-order valence-corrected chi connectivity index (χ0v) is 15.2. The molecule has 0 spiro atoms. The van der Waals surface area contributed by atoms with E-state index in [1.165, 1.54) is 5.56 Å². The van der Waals surface area contributed by atoms with Crippen molar-refractivity contribution in [2.45, 2.75) is 26.7 Å². The van der Waals surface area contributed by atoms with E-state index in [2.05, 4.69) is 12.2 Å². The van der Waals surface area contributed by atoms with E-state index in [1.807, 2.05) is 43.3 Å². The monoisotopic (exact) mass is 352 g/mol. The van der Waals surface area contributed by atoms with E-state index in [0.717, 1.165) is 17.9 Å². The lowest BCUT2D eigenvalue weighted by Gasteiger charge is -2.17. The van der Waals surface area contributed by atoms with Gasteiger partial charge in [-0.25, -0.2) is 0 Å². The van der Waals surface area contributed by atoms with Gasteiger partial charge in [0, 0.05) is 24.3 Å². The lowest BCUT2D eigenvalue weighted by Crippen LogP contribution is -2.28. The second-order valence-electron chi connectivity index (χ2n) is 6.37. The predicted octanol–water partition coefficient (Wildman–Crippen LogP) is 3.64. The zero-order chi connectivity index (χ0) is 18.5. The van der Waals surface area contributed by atoms with Gasteiger partial charge in [-0.05, 0) is 55.3 Å². The minimum absolute atomic E-state index is 0.0129. The first-order valence-corrected chi connectivity index (χ1v) is 9.03. The van der Waals surface area contributed by atoms with Gasteiger partial charge in [0.05, 0.1) is 12.5 Å². The van der Waals surface area contributed by atoms with Crippen molar-refractivity contribution in [1.29, 1.82) is 0 Å². The van der Waals surface area contributed by atoms with Crippen LogP contribution >= 0.6 is 0 Å². The molecule has 1 saturated heterocycles. The lowest BCUT2D eigenvalue weighted by molar-refractivity contribution is -0.122. The number of nitrogens with one attached hydrogen (secondary N) is 1. The number of hydrogen-bond acceptors (Lipinski definition) is 3. The molecule has 0 aliphatic carbocycles. The molecule has 1 atom stereocenters. The fourth-order valence-electron chi connectivity index (χ4n) is 3.09. The normalized spacial score (nSPS) is 16.6. The molecule has 1 aliphatic rings. The van der Waals surface area contributed by atoms with Gasteiger partial charge in [-0.15, -0.1) is 0 Å². The first-order chi connectivity index (χ1) is 12.6. The van der Waals surface area contributed by atoms with Gasteiger partial charge in [0.15, 0.2) is 0 Å². The van der Waals surface area contributed by atoms with E-state index < -0.39 is 0 Å². The molecule has 1 heterocycles. The molecule has 3 rings (SSSR count). The Morgan fingerprint density at radius 3 is 2.42 bits per heavy atom. The van der Waals surface area contributed by atoms with Gasteiger partial charge in [-0.1, -0.05) is 19.1 Å². The second kappa shape index (κ2) is 8.04. The molecule has 0 aromatic heterocycles. The Morgan fingerprint density at radius 2 is 1.81 bits per heavy atom.